The monoisotopic (exact) mass is 330 g/mol. The van der Waals surface area contributed by atoms with Crippen LogP contribution in [0.4, 0.5) is 14.9 Å². The number of likely N-dealkylation sites (tertiary alicyclic amines) is 1. The number of urea groups is 1. The highest BCUT2D eigenvalue weighted by molar-refractivity contribution is 9.10. The van der Waals surface area contributed by atoms with Gasteiger partial charge in [-0.05, 0) is 52.9 Å². The lowest BCUT2D eigenvalue weighted by Crippen LogP contribution is -2.41. The second kappa shape index (κ2) is 6.34. The summed E-state index contributed by atoms with van der Waals surface area (Å²) in [6.45, 7) is 1.45. The van der Waals surface area contributed by atoms with E-state index in [9.17, 15) is 9.18 Å². The van der Waals surface area contributed by atoms with E-state index in [1.807, 2.05) is 0 Å². The van der Waals surface area contributed by atoms with Gasteiger partial charge in [-0.25, -0.2) is 9.18 Å². The van der Waals surface area contributed by atoms with Gasteiger partial charge in [0.05, 0.1) is 5.69 Å². The molecule has 6 heteroatoms. The van der Waals surface area contributed by atoms with E-state index in [1.54, 1.807) is 4.90 Å². The van der Waals surface area contributed by atoms with Crippen LogP contribution in [0.25, 0.3) is 0 Å². The number of carbonyl (C=O) groups excluding carboxylic acids is 1. The number of rotatable bonds is 2. The molecule has 0 unspecified atom stereocenters. The summed E-state index contributed by atoms with van der Waals surface area (Å²) in [5.74, 6) is -0.0600. The van der Waals surface area contributed by atoms with E-state index in [0.717, 1.165) is 12.8 Å². The summed E-state index contributed by atoms with van der Waals surface area (Å²) >= 11 is 3.21. The highest BCUT2D eigenvalue weighted by Crippen LogP contribution is 2.24. The van der Waals surface area contributed by atoms with Gasteiger partial charge in [0.1, 0.15) is 5.82 Å². The molecule has 1 aromatic carbocycles. The maximum absolute atomic E-state index is 12.9. The van der Waals surface area contributed by atoms with Crippen LogP contribution in [0.3, 0.4) is 0 Å². The Kier molecular flexibility index (Phi) is 4.76. The molecule has 1 aliphatic rings. The second-order valence-corrected chi connectivity index (χ2v) is 5.52. The van der Waals surface area contributed by atoms with Crippen LogP contribution in [0.1, 0.15) is 12.8 Å². The van der Waals surface area contributed by atoms with Crippen LogP contribution >= 0.6 is 15.9 Å². The summed E-state index contributed by atoms with van der Waals surface area (Å²) in [4.78, 5) is 13.7. The molecule has 0 aliphatic carbocycles. The van der Waals surface area contributed by atoms with E-state index in [0.29, 0.717) is 29.2 Å². The zero-order valence-electron chi connectivity index (χ0n) is 10.4. The lowest BCUT2D eigenvalue weighted by molar-refractivity contribution is 0.143. The molecule has 0 aromatic heterocycles. The lowest BCUT2D eigenvalue weighted by Gasteiger charge is -2.31. The van der Waals surface area contributed by atoms with Crippen molar-refractivity contribution in [3.05, 3.63) is 28.5 Å². The van der Waals surface area contributed by atoms with Crippen molar-refractivity contribution in [3.8, 4) is 0 Å². The van der Waals surface area contributed by atoms with Crippen molar-refractivity contribution >= 4 is 27.6 Å². The van der Waals surface area contributed by atoms with Crippen molar-refractivity contribution in [2.24, 2.45) is 5.92 Å². The Bertz CT molecular complexity index is 462. The number of hydrogen-bond acceptors (Lipinski definition) is 2. The number of anilines is 1. The zero-order chi connectivity index (χ0) is 13.8. The van der Waals surface area contributed by atoms with E-state index in [2.05, 4.69) is 21.2 Å². The van der Waals surface area contributed by atoms with Crippen molar-refractivity contribution in [2.45, 2.75) is 12.8 Å². The standard InChI is InChI=1S/C13H16BrFN2O2/c14-11-7-10(15)1-2-12(11)16-13(19)17-5-3-9(8-18)4-6-17/h1-2,7,9,18H,3-6,8H2,(H,16,19). The first kappa shape index (κ1) is 14.3. The summed E-state index contributed by atoms with van der Waals surface area (Å²) in [6.07, 6.45) is 1.63. The van der Waals surface area contributed by atoms with Gasteiger partial charge < -0.3 is 15.3 Å². The predicted octanol–water partition coefficient (Wildman–Crippen LogP) is 2.82. The normalized spacial score (nSPS) is 16.5. The third kappa shape index (κ3) is 3.67. The molecule has 1 fully saturated rings. The maximum Gasteiger partial charge on any atom is 0.321 e. The zero-order valence-corrected chi connectivity index (χ0v) is 12.0. The first-order valence-electron chi connectivity index (χ1n) is 6.22. The molecule has 1 aromatic rings. The fourth-order valence-electron chi connectivity index (χ4n) is 2.10. The molecule has 0 spiro atoms. The number of carbonyl (C=O) groups is 1. The fourth-order valence-corrected chi connectivity index (χ4v) is 2.55. The Hall–Kier alpha value is -1.14. The molecule has 0 radical (unpaired) electrons. The molecule has 1 aliphatic heterocycles. The van der Waals surface area contributed by atoms with Gasteiger partial charge in [-0.1, -0.05) is 0 Å². The highest BCUT2D eigenvalue weighted by Gasteiger charge is 2.22. The van der Waals surface area contributed by atoms with E-state index < -0.39 is 0 Å². The summed E-state index contributed by atoms with van der Waals surface area (Å²) in [5, 5.41) is 11.8. The molecule has 2 amide bonds. The van der Waals surface area contributed by atoms with E-state index in [4.69, 9.17) is 5.11 Å². The van der Waals surface area contributed by atoms with Gasteiger partial charge in [0, 0.05) is 24.2 Å². The molecule has 4 nitrogen and oxygen atoms in total. The molecule has 0 saturated carbocycles. The van der Waals surface area contributed by atoms with Crippen LogP contribution in [0.15, 0.2) is 22.7 Å². The predicted molar refractivity (Wildman–Crippen MR) is 74.5 cm³/mol. The minimum absolute atomic E-state index is 0.180. The van der Waals surface area contributed by atoms with Crippen LogP contribution in [-0.2, 0) is 0 Å². The lowest BCUT2D eigenvalue weighted by atomic mass is 9.98. The average Bonchev–Trinajstić information content (AvgIpc) is 2.42. The summed E-state index contributed by atoms with van der Waals surface area (Å²) < 4.78 is 13.5. The summed E-state index contributed by atoms with van der Waals surface area (Å²) in [6, 6.07) is 3.95. The SMILES string of the molecule is O=C(Nc1ccc(F)cc1Br)N1CCC(CO)CC1. The largest absolute Gasteiger partial charge is 0.396 e. The van der Waals surface area contributed by atoms with Crippen LogP contribution < -0.4 is 5.32 Å². The molecule has 0 atom stereocenters. The second-order valence-electron chi connectivity index (χ2n) is 4.67. The average molecular weight is 331 g/mol. The third-order valence-corrected chi connectivity index (χ3v) is 3.99. The third-order valence-electron chi connectivity index (χ3n) is 3.33. The summed E-state index contributed by atoms with van der Waals surface area (Å²) in [7, 11) is 0. The van der Waals surface area contributed by atoms with Crippen molar-refractivity contribution in [2.75, 3.05) is 25.0 Å². The molecule has 2 N–H and O–H groups in total. The highest BCUT2D eigenvalue weighted by atomic mass is 79.9. The number of nitrogens with one attached hydrogen (secondary N) is 1. The van der Waals surface area contributed by atoms with Gasteiger partial charge >= 0.3 is 6.03 Å². The molecule has 2 rings (SSSR count). The van der Waals surface area contributed by atoms with E-state index in [1.165, 1.54) is 18.2 Å². The Morgan fingerprint density at radius 2 is 2.16 bits per heavy atom. The first-order valence-corrected chi connectivity index (χ1v) is 7.01. The summed E-state index contributed by atoms with van der Waals surface area (Å²) in [5.41, 5.74) is 0.552. The van der Waals surface area contributed by atoms with Gasteiger partial charge in [0.2, 0.25) is 0 Å². The molecule has 0 bridgehead atoms. The number of amides is 2. The number of benzene rings is 1. The molecular formula is C13H16BrFN2O2. The molecule has 1 saturated heterocycles. The van der Waals surface area contributed by atoms with Crippen molar-refractivity contribution in [1.82, 2.24) is 4.90 Å². The van der Waals surface area contributed by atoms with E-state index >= 15 is 0 Å². The quantitative estimate of drug-likeness (QED) is 0.876. The van der Waals surface area contributed by atoms with Gasteiger partial charge in [0.15, 0.2) is 0 Å². The number of aliphatic hydroxyl groups is 1. The fraction of sp³-hybridized carbons (Fsp3) is 0.462. The Morgan fingerprint density at radius 1 is 1.47 bits per heavy atom. The number of nitrogens with zero attached hydrogens (tertiary/aromatic N) is 1. The van der Waals surface area contributed by atoms with Crippen molar-refractivity contribution in [1.29, 1.82) is 0 Å². The van der Waals surface area contributed by atoms with Gasteiger partial charge in [-0.3, -0.25) is 0 Å². The molecule has 1 heterocycles. The van der Waals surface area contributed by atoms with Crippen LogP contribution in [0.2, 0.25) is 0 Å². The molecular weight excluding hydrogens is 315 g/mol. The van der Waals surface area contributed by atoms with Crippen LogP contribution in [0, 0.1) is 11.7 Å². The molecule has 19 heavy (non-hydrogen) atoms. The first-order chi connectivity index (χ1) is 9.10. The number of hydrogen-bond donors (Lipinski definition) is 2. The topological polar surface area (TPSA) is 52.6 Å². The van der Waals surface area contributed by atoms with Gasteiger partial charge in [0.25, 0.3) is 0 Å². The smallest absolute Gasteiger partial charge is 0.321 e. The maximum atomic E-state index is 12.9. The van der Waals surface area contributed by atoms with Gasteiger partial charge in [-0.2, -0.15) is 0 Å². The Labute approximate surface area is 119 Å². The number of halogens is 2. The Balaban J connectivity index is 1.94. The number of piperidine rings is 1. The molecule has 104 valence electrons. The minimum Gasteiger partial charge on any atom is -0.396 e. The van der Waals surface area contributed by atoms with Crippen LogP contribution in [-0.4, -0.2) is 35.7 Å². The van der Waals surface area contributed by atoms with E-state index in [-0.39, 0.29) is 18.5 Å². The van der Waals surface area contributed by atoms with Crippen LogP contribution in [0.5, 0.6) is 0 Å². The van der Waals surface area contributed by atoms with Gasteiger partial charge in [-0.15, -0.1) is 0 Å². The van der Waals surface area contributed by atoms with Crippen molar-refractivity contribution in [3.63, 3.8) is 0 Å². The Morgan fingerprint density at radius 3 is 2.74 bits per heavy atom. The number of aliphatic hydroxyl groups excluding tert-OH is 1. The van der Waals surface area contributed by atoms with Crippen molar-refractivity contribution < 1.29 is 14.3 Å². The minimum atomic E-state index is -0.353.